The summed E-state index contributed by atoms with van der Waals surface area (Å²) in [5.74, 6) is -2.71. The summed E-state index contributed by atoms with van der Waals surface area (Å²) in [4.78, 5) is 23.0. The largest absolute Gasteiger partial charge is 0.504 e. The third kappa shape index (κ3) is 5.15. The number of carbonyl (C=O) groups excluding carboxylic acids is 2. The van der Waals surface area contributed by atoms with Crippen molar-refractivity contribution in [3.8, 4) is 5.75 Å². The van der Waals surface area contributed by atoms with Crippen LogP contribution in [0.3, 0.4) is 0 Å². The maximum absolute atomic E-state index is 13.6. The number of esters is 1. The van der Waals surface area contributed by atoms with Gasteiger partial charge in [-0.15, -0.1) is 0 Å². The fourth-order valence-corrected chi connectivity index (χ4v) is 1.81. The topological polar surface area (TPSA) is 72.8 Å². The van der Waals surface area contributed by atoms with Crippen molar-refractivity contribution in [3.63, 3.8) is 0 Å². The number of ketones is 1. The van der Waals surface area contributed by atoms with E-state index in [4.69, 9.17) is 4.74 Å². The summed E-state index contributed by atoms with van der Waals surface area (Å²) < 4.78 is 23.1. The van der Waals surface area contributed by atoms with Crippen molar-refractivity contribution in [2.75, 3.05) is 19.8 Å². The predicted octanol–water partition coefficient (Wildman–Crippen LogP) is 2.25. The first kappa shape index (κ1) is 17.1. The Hall–Kier alpha value is -1.95. The first-order valence-electron chi connectivity index (χ1n) is 6.77. The highest BCUT2D eigenvalue weighted by Crippen LogP contribution is 2.24. The Morgan fingerprint density at radius 1 is 1.24 bits per heavy atom. The van der Waals surface area contributed by atoms with E-state index in [1.165, 1.54) is 12.1 Å². The maximum Gasteiger partial charge on any atom is 0.332 e. The van der Waals surface area contributed by atoms with Gasteiger partial charge in [0.1, 0.15) is 13.2 Å². The SMILES string of the molecule is CCCc1cc(F)c(O)c(C(=O)COCC(=O)OCC)c1. The van der Waals surface area contributed by atoms with Crippen LogP contribution in [0.5, 0.6) is 5.75 Å². The van der Waals surface area contributed by atoms with Gasteiger partial charge in [0, 0.05) is 0 Å². The third-order valence-electron chi connectivity index (χ3n) is 2.72. The average Bonchev–Trinajstić information content (AvgIpc) is 2.43. The molecule has 0 aliphatic carbocycles. The molecular formula is C15H19FO5. The first-order chi connectivity index (χ1) is 9.99. The van der Waals surface area contributed by atoms with Gasteiger partial charge in [-0.3, -0.25) is 4.79 Å². The maximum atomic E-state index is 13.6. The Morgan fingerprint density at radius 2 is 1.95 bits per heavy atom. The molecular weight excluding hydrogens is 279 g/mol. The van der Waals surface area contributed by atoms with Gasteiger partial charge in [0.05, 0.1) is 12.2 Å². The number of hydrogen-bond donors (Lipinski definition) is 1. The van der Waals surface area contributed by atoms with Gasteiger partial charge >= 0.3 is 5.97 Å². The highest BCUT2D eigenvalue weighted by molar-refractivity contribution is 5.99. The molecule has 6 heteroatoms. The molecule has 0 fully saturated rings. The van der Waals surface area contributed by atoms with Gasteiger partial charge in [-0.25, -0.2) is 9.18 Å². The van der Waals surface area contributed by atoms with Crippen molar-refractivity contribution in [1.29, 1.82) is 0 Å². The number of aromatic hydroxyl groups is 1. The number of phenols is 1. The molecule has 1 rings (SSSR count). The van der Waals surface area contributed by atoms with E-state index < -0.39 is 29.9 Å². The fraction of sp³-hybridized carbons (Fsp3) is 0.467. The van der Waals surface area contributed by atoms with Crippen LogP contribution in [-0.2, 0) is 20.7 Å². The molecule has 0 saturated carbocycles. The standard InChI is InChI=1S/C15H19FO5/c1-3-5-10-6-11(15(19)12(16)7-10)13(17)8-20-9-14(18)21-4-2/h6-7,19H,3-5,8-9H2,1-2H3. The monoisotopic (exact) mass is 298 g/mol. The number of carbonyl (C=O) groups is 2. The van der Waals surface area contributed by atoms with Crippen LogP contribution in [0, 0.1) is 5.82 Å². The molecule has 0 aliphatic heterocycles. The van der Waals surface area contributed by atoms with Gasteiger partial charge in [0.2, 0.25) is 0 Å². The number of halogens is 1. The first-order valence-corrected chi connectivity index (χ1v) is 6.77. The number of hydrogen-bond acceptors (Lipinski definition) is 5. The second kappa shape index (κ2) is 8.36. The van der Waals surface area contributed by atoms with Crippen LogP contribution in [0.4, 0.5) is 4.39 Å². The molecule has 0 amide bonds. The van der Waals surface area contributed by atoms with Gasteiger partial charge < -0.3 is 14.6 Å². The lowest BCUT2D eigenvalue weighted by Crippen LogP contribution is -2.17. The van der Waals surface area contributed by atoms with Gasteiger partial charge in [0.25, 0.3) is 0 Å². The minimum absolute atomic E-state index is 0.137. The Labute approximate surface area is 122 Å². The molecule has 0 atom stereocenters. The molecule has 0 spiro atoms. The van der Waals surface area contributed by atoms with E-state index in [9.17, 15) is 19.1 Å². The third-order valence-corrected chi connectivity index (χ3v) is 2.72. The summed E-state index contributed by atoms with van der Waals surface area (Å²) >= 11 is 0. The number of benzene rings is 1. The van der Waals surface area contributed by atoms with Gasteiger partial charge in [0.15, 0.2) is 17.3 Å². The summed E-state index contributed by atoms with van der Waals surface area (Å²) in [7, 11) is 0. The Morgan fingerprint density at radius 3 is 2.57 bits per heavy atom. The highest BCUT2D eigenvalue weighted by atomic mass is 19.1. The molecule has 0 saturated heterocycles. The van der Waals surface area contributed by atoms with Crippen LogP contribution < -0.4 is 0 Å². The summed E-state index contributed by atoms with van der Waals surface area (Å²) in [6.45, 7) is 3.01. The summed E-state index contributed by atoms with van der Waals surface area (Å²) in [5.41, 5.74) is 0.490. The van der Waals surface area contributed by atoms with Gasteiger partial charge in [-0.1, -0.05) is 13.3 Å². The highest BCUT2D eigenvalue weighted by Gasteiger charge is 2.17. The van der Waals surface area contributed by atoms with Crippen LogP contribution in [0.25, 0.3) is 0 Å². The van der Waals surface area contributed by atoms with Crippen molar-refractivity contribution in [3.05, 3.63) is 29.1 Å². The molecule has 116 valence electrons. The Bertz CT molecular complexity index is 513. The number of rotatable bonds is 8. The molecule has 0 unspecified atom stereocenters. The van der Waals surface area contributed by atoms with E-state index in [0.29, 0.717) is 12.0 Å². The van der Waals surface area contributed by atoms with Crippen LogP contribution in [0.2, 0.25) is 0 Å². The molecule has 0 aromatic heterocycles. The summed E-state index contributed by atoms with van der Waals surface area (Å²) in [6, 6.07) is 2.65. The molecule has 5 nitrogen and oxygen atoms in total. The molecule has 1 N–H and O–H groups in total. The van der Waals surface area contributed by atoms with Crippen molar-refractivity contribution in [2.45, 2.75) is 26.7 Å². The van der Waals surface area contributed by atoms with Crippen molar-refractivity contribution >= 4 is 11.8 Å². The zero-order chi connectivity index (χ0) is 15.8. The van der Waals surface area contributed by atoms with Crippen molar-refractivity contribution in [1.82, 2.24) is 0 Å². The lowest BCUT2D eigenvalue weighted by molar-refractivity contribution is -0.147. The van der Waals surface area contributed by atoms with Crippen LogP contribution >= 0.6 is 0 Å². The molecule has 0 radical (unpaired) electrons. The molecule has 1 aromatic rings. The number of phenolic OH excluding ortho intramolecular Hbond substituents is 1. The minimum Gasteiger partial charge on any atom is -0.504 e. The lowest BCUT2D eigenvalue weighted by atomic mass is 10.0. The zero-order valence-electron chi connectivity index (χ0n) is 12.1. The van der Waals surface area contributed by atoms with Gasteiger partial charge in [-0.05, 0) is 31.0 Å². The summed E-state index contributed by atoms with van der Waals surface area (Å²) in [5, 5.41) is 9.61. The smallest absolute Gasteiger partial charge is 0.332 e. The molecule has 1 aromatic carbocycles. The average molecular weight is 298 g/mol. The fourth-order valence-electron chi connectivity index (χ4n) is 1.81. The number of ether oxygens (including phenoxy) is 2. The van der Waals surface area contributed by atoms with E-state index in [0.717, 1.165) is 6.42 Å². The normalized spacial score (nSPS) is 10.4. The quantitative estimate of drug-likeness (QED) is 0.588. The molecule has 0 aliphatic rings. The van der Waals surface area contributed by atoms with Crippen molar-refractivity contribution < 1.29 is 28.6 Å². The predicted molar refractivity (Wildman–Crippen MR) is 73.8 cm³/mol. The van der Waals surface area contributed by atoms with E-state index in [-0.39, 0.29) is 18.8 Å². The Balaban J connectivity index is 2.71. The zero-order valence-corrected chi connectivity index (χ0v) is 12.1. The number of aryl methyl sites for hydroxylation is 1. The Kier molecular flexibility index (Phi) is 6.81. The molecule has 0 bridgehead atoms. The van der Waals surface area contributed by atoms with Crippen LogP contribution in [0.1, 0.15) is 36.2 Å². The second-order valence-electron chi connectivity index (χ2n) is 4.44. The van der Waals surface area contributed by atoms with Crippen molar-refractivity contribution in [2.24, 2.45) is 0 Å². The summed E-state index contributed by atoms with van der Waals surface area (Å²) in [6.07, 6.45) is 1.39. The van der Waals surface area contributed by atoms with E-state index in [1.54, 1.807) is 6.92 Å². The van der Waals surface area contributed by atoms with Crippen LogP contribution in [-0.4, -0.2) is 36.7 Å². The molecule has 0 heterocycles. The van der Waals surface area contributed by atoms with E-state index in [1.807, 2.05) is 6.92 Å². The van der Waals surface area contributed by atoms with Crippen LogP contribution in [0.15, 0.2) is 12.1 Å². The molecule has 21 heavy (non-hydrogen) atoms. The van der Waals surface area contributed by atoms with E-state index >= 15 is 0 Å². The lowest BCUT2D eigenvalue weighted by Gasteiger charge is -2.08. The minimum atomic E-state index is -0.838. The second-order valence-corrected chi connectivity index (χ2v) is 4.44. The van der Waals surface area contributed by atoms with Gasteiger partial charge in [-0.2, -0.15) is 0 Å². The van der Waals surface area contributed by atoms with E-state index in [2.05, 4.69) is 4.74 Å². The number of Topliss-reactive ketones (excluding diaryl/α,β-unsaturated/α-hetero) is 1.